The normalized spacial score (nSPS) is 11.6. The highest BCUT2D eigenvalue weighted by atomic mass is 32.1. The van der Waals surface area contributed by atoms with Crippen molar-refractivity contribution in [1.29, 1.82) is 0 Å². The molecule has 0 atom stereocenters. The van der Waals surface area contributed by atoms with E-state index >= 15 is 0 Å². The van der Waals surface area contributed by atoms with E-state index in [9.17, 15) is 0 Å². The number of para-hydroxylation sites is 2. The zero-order chi connectivity index (χ0) is 29.0. The van der Waals surface area contributed by atoms with Gasteiger partial charge in [-0.1, -0.05) is 127 Å². The molecule has 2 heterocycles. The summed E-state index contributed by atoms with van der Waals surface area (Å²) in [6.07, 6.45) is 0. The minimum absolute atomic E-state index is 0.763. The Hall–Kier alpha value is -5.58. The van der Waals surface area contributed by atoms with E-state index in [1.807, 2.05) is 0 Å². The third-order valence-corrected chi connectivity index (χ3v) is 9.34. The molecule has 0 spiro atoms. The summed E-state index contributed by atoms with van der Waals surface area (Å²) in [7, 11) is 0. The molecule has 0 saturated heterocycles. The van der Waals surface area contributed by atoms with E-state index in [1.165, 1.54) is 55.2 Å². The molecule has 0 N–H and O–H groups in total. The van der Waals surface area contributed by atoms with E-state index in [4.69, 9.17) is 9.36 Å². The van der Waals surface area contributed by atoms with Crippen molar-refractivity contribution in [2.45, 2.75) is 0 Å². The second-order valence-corrected chi connectivity index (χ2v) is 11.8. The summed E-state index contributed by atoms with van der Waals surface area (Å²) >= 11 is 1.46. The fraction of sp³-hybridized carbons (Fsp3) is 0. The predicted octanol–water partition coefficient (Wildman–Crippen LogP) is 10.9. The van der Waals surface area contributed by atoms with Crippen LogP contribution in [-0.2, 0) is 0 Å². The Morgan fingerprint density at radius 3 is 1.55 bits per heavy atom. The van der Waals surface area contributed by atoms with Crippen LogP contribution in [0, 0.1) is 0 Å². The summed E-state index contributed by atoms with van der Waals surface area (Å²) in [5.41, 5.74) is 8.09. The molecule has 0 unspecified atom stereocenters. The van der Waals surface area contributed by atoms with E-state index in [2.05, 4.69) is 156 Å². The third-order valence-electron chi connectivity index (χ3n) is 8.57. The van der Waals surface area contributed by atoms with Crippen LogP contribution in [0.1, 0.15) is 0 Å². The Balaban J connectivity index is 1.23. The Bertz CT molecular complexity index is 2400. The molecule has 0 aliphatic rings. The van der Waals surface area contributed by atoms with Crippen LogP contribution in [0.3, 0.4) is 0 Å². The van der Waals surface area contributed by atoms with E-state index < -0.39 is 0 Å². The van der Waals surface area contributed by atoms with Gasteiger partial charge < -0.3 is 4.57 Å². The summed E-state index contributed by atoms with van der Waals surface area (Å²) in [5.74, 6) is 0.763. The van der Waals surface area contributed by atoms with Gasteiger partial charge in [-0.05, 0) is 68.5 Å². The maximum atomic E-state index is 5.20. The van der Waals surface area contributed by atoms with Gasteiger partial charge in [0.1, 0.15) is 5.01 Å². The lowest BCUT2D eigenvalue weighted by Crippen LogP contribution is -1.94. The first-order valence-corrected chi connectivity index (χ1v) is 15.5. The van der Waals surface area contributed by atoms with Gasteiger partial charge in [0, 0.05) is 27.6 Å². The van der Waals surface area contributed by atoms with Gasteiger partial charge in [-0.2, -0.15) is 4.37 Å². The van der Waals surface area contributed by atoms with Crippen molar-refractivity contribution in [2.24, 2.45) is 0 Å². The number of nitrogens with zero attached hydrogens (tertiary/aromatic N) is 3. The third kappa shape index (κ3) is 3.82. The smallest absolute Gasteiger partial charge is 0.174 e. The molecule has 9 aromatic rings. The van der Waals surface area contributed by atoms with Crippen LogP contribution in [0.2, 0.25) is 0 Å². The lowest BCUT2D eigenvalue weighted by Gasteiger charge is -2.15. The number of hydrogen-bond acceptors (Lipinski definition) is 3. The second kappa shape index (κ2) is 10.0. The highest BCUT2D eigenvalue weighted by molar-refractivity contribution is 7.09. The minimum Gasteiger partial charge on any atom is -0.309 e. The fourth-order valence-electron chi connectivity index (χ4n) is 6.71. The van der Waals surface area contributed by atoms with Crippen LogP contribution in [0.15, 0.2) is 152 Å². The molecule has 0 aliphatic carbocycles. The molecule has 0 bridgehead atoms. The number of fused-ring (bicyclic) bond motifs is 5. The van der Waals surface area contributed by atoms with Gasteiger partial charge in [0.2, 0.25) is 0 Å². The van der Waals surface area contributed by atoms with Crippen molar-refractivity contribution in [3.63, 3.8) is 0 Å². The number of aromatic nitrogens is 3. The topological polar surface area (TPSA) is 30.7 Å². The van der Waals surface area contributed by atoms with Crippen molar-refractivity contribution in [1.82, 2.24) is 13.9 Å². The van der Waals surface area contributed by atoms with Gasteiger partial charge >= 0.3 is 0 Å². The Morgan fingerprint density at radius 2 is 0.932 bits per heavy atom. The Morgan fingerprint density at radius 1 is 0.432 bits per heavy atom. The Labute approximate surface area is 258 Å². The standard InChI is InChI=1S/C40H25N3S/c1-2-13-26(14-3-1)37-31-19-4-6-21-33(31)38(34-22-7-5-20-32(34)37)39-41-40(44-42-39)27-15-12-16-28(25-27)43-35-23-10-8-17-29(35)30-18-9-11-24-36(30)43/h1-25H. The average molecular weight is 580 g/mol. The van der Waals surface area contributed by atoms with Crippen molar-refractivity contribution in [3.05, 3.63) is 152 Å². The average Bonchev–Trinajstić information content (AvgIpc) is 3.71. The molecule has 44 heavy (non-hydrogen) atoms. The zero-order valence-electron chi connectivity index (χ0n) is 23.7. The molecule has 0 aliphatic heterocycles. The molecule has 0 fully saturated rings. The Kier molecular flexibility index (Phi) is 5.68. The van der Waals surface area contributed by atoms with Gasteiger partial charge in [-0.15, -0.1) is 0 Å². The predicted molar refractivity (Wildman–Crippen MR) is 186 cm³/mol. The molecule has 0 amide bonds. The molecule has 2 aromatic heterocycles. The zero-order valence-corrected chi connectivity index (χ0v) is 24.5. The van der Waals surface area contributed by atoms with E-state index in [0.29, 0.717) is 0 Å². The first kappa shape index (κ1) is 25.0. The summed E-state index contributed by atoms with van der Waals surface area (Å²) in [5, 5.41) is 8.15. The molecule has 3 nitrogen and oxygen atoms in total. The highest BCUT2D eigenvalue weighted by Gasteiger charge is 2.20. The molecule has 9 rings (SSSR count). The molecular weight excluding hydrogens is 555 g/mol. The fourth-order valence-corrected chi connectivity index (χ4v) is 7.37. The van der Waals surface area contributed by atoms with Crippen molar-refractivity contribution >= 4 is 54.9 Å². The van der Waals surface area contributed by atoms with Crippen LogP contribution in [0.5, 0.6) is 0 Å². The van der Waals surface area contributed by atoms with Crippen LogP contribution >= 0.6 is 11.5 Å². The SMILES string of the molecule is c1ccc(-c2c3ccccc3c(-c3nsc(-c4cccc(-n5c6ccccc6c6ccccc65)c4)n3)c3ccccc23)cc1. The van der Waals surface area contributed by atoms with Crippen molar-refractivity contribution < 1.29 is 0 Å². The van der Waals surface area contributed by atoms with Crippen molar-refractivity contribution in [2.75, 3.05) is 0 Å². The van der Waals surface area contributed by atoms with E-state index in [-0.39, 0.29) is 0 Å². The minimum atomic E-state index is 0.763. The molecule has 0 saturated carbocycles. The summed E-state index contributed by atoms with van der Waals surface area (Å²) in [6, 6.07) is 53.8. The summed E-state index contributed by atoms with van der Waals surface area (Å²) in [4.78, 5) is 5.20. The molecule has 206 valence electrons. The first-order valence-electron chi connectivity index (χ1n) is 14.8. The van der Waals surface area contributed by atoms with Crippen molar-refractivity contribution in [3.8, 4) is 38.8 Å². The number of benzene rings is 7. The molecule has 4 heteroatoms. The van der Waals surface area contributed by atoms with E-state index in [1.54, 1.807) is 0 Å². The second-order valence-electron chi connectivity index (χ2n) is 11.1. The molecular formula is C40H25N3S. The largest absolute Gasteiger partial charge is 0.309 e. The highest BCUT2D eigenvalue weighted by Crippen LogP contribution is 2.43. The summed E-state index contributed by atoms with van der Waals surface area (Å²) < 4.78 is 7.33. The van der Waals surface area contributed by atoms with Crippen LogP contribution in [0.4, 0.5) is 0 Å². The summed E-state index contributed by atoms with van der Waals surface area (Å²) in [6.45, 7) is 0. The number of hydrogen-bond donors (Lipinski definition) is 0. The maximum absolute atomic E-state index is 5.20. The van der Waals surface area contributed by atoms with Gasteiger partial charge in [0.25, 0.3) is 0 Å². The van der Waals surface area contributed by atoms with Gasteiger partial charge in [0.15, 0.2) is 5.82 Å². The monoisotopic (exact) mass is 579 g/mol. The van der Waals surface area contributed by atoms with E-state index in [0.717, 1.165) is 38.4 Å². The van der Waals surface area contributed by atoms with Gasteiger partial charge in [-0.3, -0.25) is 0 Å². The lowest BCUT2D eigenvalue weighted by molar-refractivity contribution is 1.18. The van der Waals surface area contributed by atoms with Crippen LogP contribution in [0.25, 0.3) is 82.1 Å². The molecule has 0 radical (unpaired) electrons. The van der Waals surface area contributed by atoms with Gasteiger partial charge in [-0.25, -0.2) is 4.98 Å². The molecule has 7 aromatic carbocycles. The lowest BCUT2D eigenvalue weighted by atomic mass is 9.88. The quantitative estimate of drug-likeness (QED) is 0.194. The first-order chi connectivity index (χ1) is 21.8. The van der Waals surface area contributed by atoms with Gasteiger partial charge in [0.05, 0.1) is 11.0 Å². The van der Waals surface area contributed by atoms with Crippen LogP contribution in [-0.4, -0.2) is 13.9 Å². The number of rotatable bonds is 4. The van der Waals surface area contributed by atoms with Crippen LogP contribution < -0.4 is 0 Å². The maximum Gasteiger partial charge on any atom is 0.174 e.